The van der Waals surface area contributed by atoms with E-state index in [1.165, 1.54) is 6.07 Å². The van der Waals surface area contributed by atoms with Crippen molar-refractivity contribution < 1.29 is 26.3 Å². The van der Waals surface area contributed by atoms with Gasteiger partial charge in [-0.3, -0.25) is 0 Å². The van der Waals surface area contributed by atoms with Gasteiger partial charge in [-0.25, -0.2) is 13.1 Å². The van der Waals surface area contributed by atoms with Crippen molar-refractivity contribution in [3.05, 3.63) is 77.2 Å². The van der Waals surface area contributed by atoms with Crippen molar-refractivity contribution in [1.29, 1.82) is 0 Å². The van der Waals surface area contributed by atoms with Crippen molar-refractivity contribution in [2.75, 3.05) is 11.9 Å². The maximum Gasteiger partial charge on any atom is 0.416 e. The number of anilines is 1. The molecule has 0 amide bonds. The van der Waals surface area contributed by atoms with Gasteiger partial charge in [0.25, 0.3) is 0 Å². The number of alkyl halides is 3. The van der Waals surface area contributed by atoms with Crippen LogP contribution >= 0.6 is 0 Å². The fourth-order valence-corrected chi connectivity index (χ4v) is 4.88. The Morgan fingerprint density at radius 2 is 1.90 bits per heavy atom. The Labute approximate surface area is 179 Å². The van der Waals surface area contributed by atoms with Gasteiger partial charge in [0.2, 0.25) is 10.0 Å². The van der Waals surface area contributed by atoms with Crippen LogP contribution in [0.3, 0.4) is 0 Å². The minimum Gasteiger partial charge on any atom is -0.378 e. The van der Waals surface area contributed by atoms with Gasteiger partial charge in [0.05, 0.1) is 23.8 Å². The Balaban J connectivity index is 1.68. The molecule has 0 aliphatic carbocycles. The van der Waals surface area contributed by atoms with Gasteiger partial charge in [0.1, 0.15) is 0 Å². The van der Waals surface area contributed by atoms with E-state index in [-0.39, 0.29) is 18.5 Å². The quantitative estimate of drug-likeness (QED) is 0.686. The van der Waals surface area contributed by atoms with E-state index in [4.69, 9.17) is 4.74 Å². The highest BCUT2D eigenvalue weighted by atomic mass is 32.2. The van der Waals surface area contributed by atoms with Gasteiger partial charge in [-0.2, -0.15) is 13.2 Å². The number of hydrogen-bond donors (Lipinski definition) is 2. The molecule has 0 aromatic heterocycles. The van der Waals surface area contributed by atoms with Crippen molar-refractivity contribution in [3.8, 4) is 0 Å². The van der Waals surface area contributed by atoms with Crippen LogP contribution in [0.5, 0.6) is 0 Å². The van der Waals surface area contributed by atoms with Gasteiger partial charge in [0, 0.05) is 29.1 Å². The molecule has 2 N–H and O–H groups in total. The summed E-state index contributed by atoms with van der Waals surface area (Å²) in [7, 11) is -3.62. The summed E-state index contributed by atoms with van der Waals surface area (Å²) >= 11 is 0. The van der Waals surface area contributed by atoms with Crippen LogP contribution < -0.4 is 10.0 Å². The summed E-state index contributed by atoms with van der Waals surface area (Å²) in [5, 5.41) is 4.22. The third-order valence-corrected chi connectivity index (χ3v) is 6.87. The van der Waals surface area contributed by atoms with E-state index in [1.54, 1.807) is 0 Å². The summed E-state index contributed by atoms with van der Waals surface area (Å²) in [5.74, 6) is -0.0920. The molecule has 2 aromatic carbocycles. The van der Waals surface area contributed by atoms with Crippen molar-refractivity contribution in [3.63, 3.8) is 0 Å². The molecule has 9 heteroatoms. The molecule has 0 radical (unpaired) electrons. The number of nitrogens with one attached hydrogen (secondary N) is 2. The van der Waals surface area contributed by atoms with Crippen LogP contribution in [0.2, 0.25) is 0 Å². The summed E-state index contributed by atoms with van der Waals surface area (Å²) < 4.78 is 72.0. The third-order valence-electron chi connectivity index (χ3n) is 5.86. The maximum absolute atomic E-state index is 13.3. The van der Waals surface area contributed by atoms with Crippen LogP contribution in [0.25, 0.3) is 0 Å². The van der Waals surface area contributed by atoms with Crippen molar-refractivity contribution in [2.45, 2.75) is 37.3 Å². The molecule has 1 fully saturated rings. The molecule has 1 saturated heterocycles. The van der Waals surface area contributed by atoms with E-state index in [0.29, 0.717) is 24.1 Å². The van der Waals surface area contributed by atoms with Crippen LogP contribution in [-0.2, 0) is 20.9 Å². The highest BCUT2D eigenvalue weighted by Gasteiger charge is 2.43. The molecule has 0 unspecified atom stereocenters. The molecule has 0 saturated carbocycles. The minimum atomic E-state index is -4.46. The molecule has 4 atom stereocenters. The molecule has 4 rings (SSSR count). The summed E-state index contributed by atoms with van der Waals surface area (Å²) in [4.78, 5) is 0. The second-order valence-electron chi connectivity index (χ2n) is 7.81. The van der Waals surface area contributed by atoms with E-state index in [0.717, 1.165) is 23.1 Å². The SMILES string of the molecule is C=CS(=O)(=O)NC[C@H]1CC[C@@H]2[C@H](O1)c1cc(C(F)(F)F)ccc1N[C@H]2c1ccccc1. The number of hydrogen-bond acceptors (Lipinski definition) is 4. The van der Waals surface area contributed by atoms with E-state index in [1.807, 2.05) is 30.3 Å². The number of fused-ring (bicyclic) bond motifs is 3. The zero-order valence-corrected chi connectivity index (χ0v) is 17.4. The molecule has 5 nitrogen and oxygen atoms in total. The zero-order chi connectivity index (χ0) is 22.2. The van der Waals surface area contributed by atoms with Gasteiger partial charge in [-0.05, 0) is 36.6 Å². The first-order valence-electron chi connectivity index (χ1n) is 9.98. The molecule has 2 aromatic rings. The number of rotatable bonds is 5. The molecule has 166 valence electrons. The topological polar surface area (TPSA) is 67.4 Å². The van der Waals surface area contributed by atoms with Gasteiger partial charge in [-0.1, -0.05) is 36.9 Å². The predicted molar refractivity (Wildman–Crippen MR) is 112 cm³/mol. The summed E-state index contributed by atoms with van der Waals surface area (Å²) in [6.45, 7) is 3.30. The second-order valence-corrected chi connectivity index (χ2v) is 9.52. The number of benzene rings is 2. The van der Waals surface area contributed by atoms with Gasteiger partial charge < -0.3 is 10.1 Å². The molecule has 2 aliphatic rings. The molecular formula is C22H23F3N2O3S. The molecule has 0 bridgehead atoms. The van der Waals surface area contributed by atoms with Gasteiger partial charge in [0.15, 0.2) is 0 Å². The van der Waals surface area contributed by atoms with Gasteiger partial charge in [-0.15, -0.1) is 0 Å². The Morgan fingerprint density at radius 1 is 1.16 bits per heavy atom. The second kappa shape index (κ2) is 8.29. The third kappa shape index (κ3) is 4.63. The summed E-state index contributed by atoms with van der Waals surface area (Å²) in [6, 6.07) is 13.2. The Morgan fingerprint density at radius 3 is 2.58 bits per heavy atom. The number of halogens is 3. The smallest absolute Gasteiger partial charge is 0.378 e. The molecule has 2 heterocycles. The monoisotopic (exact) mass is 452 g/mol. The molecule has 0 spiro atoms. The van der Waals surface area contributed by atoms with E-state index >= 15 is 0 Å². The fraction of sp³-hybridized carbons (Fsp3) is 0.364. The lowest BCUT2D eigenvalue weighted by Crippen LogP contribution is -2.42. The normalized spacial score (nSPS) is 25.8. The summed E-state index contributed by atoms with van der Waals surface area (Å²) in [5.41, 5.74) is 1.33. The highest BCUT2D eigenvalue weighted by molar-refractivity contribution is 7.92. The van der Waals surface area contributed by atoms with Crippen molar-refractivity contribution >= 4 is 15.7 Å². The van der Waals surface area contributed by atoms with Crippen molar-refractivity contribution in [1.82, 2.24) is 4.72 Å². The first-order valence-corrected chi connectivity index (χ1v) is 11.5. The van der Waals surface area contributed by atoms with Crippen LogP contribution in [0.1, 0.15) is 41.7 Å². The van der Waals surface area contributed by atoms with Crippen LogP contribution in [0.4, 0.5) is 18.9 Å². The van der Waals surface area contributed by atoms with Crippen LogP contribution in [-0.4, -0.2) is 21.1 Å². The lowest BCUT2D eigenvalue weighted by molar-refractivity contribution is -0.138. The van der Waals surface area contributed by atoms with Gasteiger partial charge >= 0.3 is 6.18 Å². The summed E-state index contributed by atoms with van der Waals surface area (Å²) in [6.07, 6.45) is -4.24. The van der Waals surface area contributed by atoms with Crippen LogP contribution in [0, 0.1) is 5.92 Å². The standard InChI is InChI=1S/C22H23F3N2O3S/c1-2-31(28,29)26-13-16-9-10-17-20(14-6-4-3-5-7-14)27-19-11-8-15(22(23,24)25)12-18(19)21(17)30-16/h2-8,11-12,16-17,20-21,26-27H,1,9-10,13H2/t16-,17+,20+,21+/m1/s1. The molecular weight excluding hydrogens is 429 g/mol. The predicted octanol–water partition coefficient (Wildman–Crippen LogP) is 4.77. The average Bonchev–Trinajstić information content (AvgIpc) is 2.76. The fourth-order valence-electron chi connectivity index (χ4n) is 4.34. The zero-order valence-electron chi connectivity index (χ0n) is 16.6. The highest BCUT2D eigenvalue weighted by Crippen LogP contribution is 2.51. The Kier molecular flexibility index (Phi) is 5.85. The average molecular weight is 452 g/mol. The lowest BCUT2D eigenvalue weighted by Gasteiger charge is -2.46. The first kappa shape index (κ1) is 21.9. The molecule has 31 heavy (non-hydrogen) atoms. The number of ether oxygens (including phenoxy) is 1. The Bertz CT molecular complexity index is 1060. The lowest BCUT2D eigenvalue weighted by atomic mass is 9.76. The van der Waals surface area contributed by atoms with E-state index < -0.39 is 34.0 Å². The molecule has 2 aliphatic heterocycles. The van der Waals surface area contributed by atoms with Crippen molar-refractivity contribution in [2.24, 2.45) is 5.92 Å². The van der Waals surface area contributed by atoms with E-state index in [2.05, 4.69) is 16.6 Å². The maximum atomic E-state index is 13.3. The minimum absolute atomic E-state index is 0.0370. The number of sulfonamides is 1. The first-order chi connectivity index (χ1) is 14.7. The van der Waals surface area contributed by atoms with E-state index in [9.17, 15) is 21.6 Å². The Hall–Kier alpha value is -2.36. The largest absolute Gasteiger partial charge is 0.416 e. The van der Waals surface area contributed by atoms with Crippen LogP contribution in [0.15, 0.2) is 60.5 Å².